The van der Waals surface area contributed by atoms with Crippen LogP contribution in [0.3, 0.4) is 0 Å². The van der Waals surface area contributed by atoms with Crippen molar-refractivity contribution in [1.82, 2.24) is 9.58 Å². The Balaban J connectivity index is 1.45. The molecule has 7 rings (SSSR count). The number of nitrogens with zero attached hydrogens (tertiary/aromatic N) is 3. The molecule has 1 fully saturated rings. The lowest BCUT2D eigenvalue weighted by Gasteiger charge is -2.53. The van der Waals surface area contributed by atoms with Crippen LogP contribution in [0.25, 0.3) is 0 Å². The largest absolute Gasteiger partial charge is 0.482 e. The van der Waals surface area contributed by atoms with E-state index in [9.17, 15) is 9.59 Å². The number of ether oxygens (including phenoxy) is 2. The molecular weight excluding hydrogens is 502 g/mol. The minimum atomic E-state index is -0.363. The highest BCUT2D eigenvalue weighted by molar-refractivity contribution is 5.97. The van der Waals surface area contributed by atoms with Crippen LogP contribution >= 0.6 is 0 Å². The van der Waals surface area contributed by atoms with E-state index in [0.29, 0.717) is 13.2 Å². The van der Waals surface area contributed by atoms with E-state index < -0.39 is 0 Å². The van der Waals surface area contributed by atoms with Crippen molar-refractivity contribution in [2.45, 2.75) is 44.6 Å². The smallest absolute Gasteiger partial charge is 0.278 e. The van der Waals surface area contributed by atoms with E-state index in [2.05, 4.69) is 53.5 Å². The van der Waals surface area contributed by atoms with E-state index in [0.717, 1.165) is 18.4 Å². The number of benzene rings is 3. The first-order valence-corrected chi connectivity index (χ1v) is 13.9. The molecular formula is C33H31N3O4. The number of hydrogen-bond acceptors (Lipinski definition) is 5. The summed E-state index contributed by atoms with van der Waals surface area (Å²) in [4.78, 5) is 29.4. The average molecular weight is 534 g/mol. The van der Waals surface area contributed by atoms with Gasteiger partial charge >= 0.3 is 0 Å². The zero-order chi connectivity index (χ0) is 27.2. The maximum absolute atomic E-state index is 14.2. The molecule has 0 saturated carbocycles. The van der Waals surface area contributed by atoms with Gasteiger partial charge in [0, 0.05) is 12.3 Å². The molecule has 2 atom stereocenters. The summed E-state index contributed by atoms with van der Waals surface area (Å²) in [7, 11) is 0. The number of fused-ring (bicyclic) bond motifs is 4. The maximum atomic E-state index is 14.2. The lowest BCUT2D eigenvalue weighted by Crippen LogP contribution is -2.68. The number of pyridine rings is 1. The third-order valence-corrected chi connectivity index (χ3v) is 8.30. The number of carbonyl (C=O) groups excluding carboxylic acids is 1. The monoisotopic (exact) mass is 533 g/mol. The van der Waals surface area contributed by atoms with Gasteiger partial charge in [0.25, 0.3) is 5.91 Å². The Labute approximate surface area is 233 Å². The molecule has 0 spiro atoms. The maximum Gasteiger partial charge on any atom is 0.278 e. The predicted octanol–water partition coefficient (Wildman–Crippen LogP) is 4.45. The molecule has 3 heterocycles. The van der Waals surface area contributed by atoms with Gasteiger partial charge in [-0.1, -0.05) is 78.9 Å². The Morgan fingerprint density at radius 3 is 2.17 bits per heavy atom. The van der Waals surface area contributed by atoms with Crippen LogP contribution in [0.1, 0.15) is 51.3 Å². The molecule has 7 nitrogen and oxygen atoms in total. The van der Waals surface area contributed by atoms with E-state index in [1.165, 1.54) is 28.3 Å². The second kappa shape index (κ2) is 9.99. The van der Waals surface area contributed by atoms with Gasteiger partial charge in [0.2, 0.25) is 5.43 Å². The summed E-state index contributed by atoms with van der Waals surface area (Å²) in [6.45, 7) is 2.99. The van der Waals surface area contributed by atoms with Gasteiger partial charge in [-0.3, -0.25) is 19.3 Å². The first-order valence-electron chi connectivity index (χ1n) is 13.9. The van der Waals surface area contributed by atoms with Crippen molar-refractivity contribution in [3.8, 4) is 5.75 Å². The number of carbonyl (C=O) groups is 1. The summed E-state index contributed by atoms with van der Waals surface area (Å²) < 4.78 is 14.1. The molecule has 0 unspecified atom stereocenters. The molecule has 1 aromatic heterocycles. The van der Waals surface area contributed by atoms with Crippen LogP contribution in [0, 0.1) is 0 Å². The SMILES string of the molecule is C[C@@H]1COC[C@@H]2N1C(=O)c1c(OCc3ccccc3)c(=O)ccn1N2C1c2ccccc2CCc2ccccc21. The van der Waals surface area contributed by atoms with Gasteiger partial charge in [-0.15, -0.1) is 0 Å². The second-order valence-electron chi connectivity index (χ2n) is 10.7. The highest BCUT2D eigenvalue weighted by Gasteiger charge is 2.48. The molecule has 3 aromatic carbocycles. The molecule has 0 N–H and O–H groups in total. The van der Waals surface area contributed by atoms with Crippen molar-refractivity contribution in [2.24, 2.45) is 0 Å². The number of amides is 1. The van der Waals surface area contributed by atoms with Crippen LogP contribution in [-0.4, -0.2) is 40.9 Å². The molecule has 0 bridgehead atoms. The fraction of sp³-hybridized carbons (Fsp3) is 0.273. The van der Waals surface area contributed by atoms with Gasteiger partial charge < -0.3 is 14.4 Å². The number of rotatable bonds is 4. The van der Waals surface area contributed by atoms with E-state index in [4.69, 9.17) is 9.47 Å². The van der Waals surface area contributed by atoms with Crippen LogP contribution in [0.15, 0.2) is 95.9 Å². The Hall–Kier alpha value is -4.36. The summed E-state index contributed by atoms with van der Waals surface area (Å²) in [6.07, 6.45) is 3.22. The molecule has 1 amide bonds. The first-order chi connectivity index (χ1) is 19.6. The van der Waals surface area contributed by atoms with Crippen molar-refractivity contribution < 1.29 is 14.3 Å². The Morgan fingerprint density at radius 1 is 0.825 bits per heavy atom. The van der Waals surface area contributed by atoms with Crippen LogP contribution in [0.2, 0.25) is 0 Å². The third-order valence-electron chi connectivity index (χ3n) is 8.30. The minimum Gasteiger partial charge on any atom is -0.482 e. The number of aryl methyl sites for hydroxylation is 2. The van der Waals surface area contributed by atoms with E-state index in [1.807, 2.05) is 46.8 Å². The molecule has 1 saturated heterocycles. The van der Waals surface area contributed by atoms with E-state index >= 15 is 0 Å². The van der Waals surface area contributed by atoms with Gasteiger partial charge in [-0.2, -0.15) is 0 Å². The van der Waals surface area contributed by atoms with E-state index in [1.54, 1.807) is 6.20 Å². The topological polar surface area (TPSA) is 64.0 Å². The van der Waals surface area contributed by atoms with Crippen molar-refractivity contribution in [2.75, 3.05) is 18.2 Å². The van der Waals surface area contributed by atoms with Gasteiger partial charge in [0.05, 0.1) is 25.3 Å². The van der Waals surface area contributed by atoms with Crippen LogP contribution in [0.4, 0.5) is 0 Å². The molecule has 202 valence electrons. The fourth-order valence-electron chi connectivity index (χ4n) is 6.45. The lowest BCUT2D eigenvalue weighted by atomic mass is 9.93. The van der Waals surface area contributed by atoms with Crippen molar-refractivity contribution in [3.63, 3.8) is 0 Å². The summed E-state index contributed by atoms with van der Waals surface area (Å²) >= 11 is 0. The minimum absolute atomic E-state index is 0.0775. The normalized spacial score (nSPS) is 20.2. The highest BCUT2D eigenvalue weighted by Crippen LogP contribution is 2.41. The van der Waals surface area contributed by atoms with Crippen LogP contribution < -0.4 is 15.2 Å². The average Bonchev–Trinajstić information content (AvgIpc) is 3.15. The summed E-state index contributed by atoms with van der Waals surface area (Å²) in [6, 6.07) is 27.9. The van der Waals surface area contributed by atoms with Crippen molar-refractivity contribution in [3.05, 3.63) is 135 Å². The molecule has 2 aliphatic heterocycles. The molecule has 1 aliphatic carbocycles. The molecule has 7 heteroatoms. The quantitative estimate of drug-likeness (QED) is 0.388. The first kappa shape index (κ1) is 24.7. The Kier molecular flexibility index (Phi) is 6.16. The zero-order valence-corrected chi connectivity index (χ0v) is 22.4. The molecule has 3 aliphatic rings. The Morgan fingerprint density at radius 2 is 1.48 bits per heavy atom. The van der Waals surface area contributed by atoms with Gasteiger partial charge in [-0.25, -0.2) is 0 Å². The standard InChI is InChI=1S/C33H31N3O4/c1-22-19-39-21-29-35(22)33(38)31-32(40-20-23-9-3-2-4-10-23)28(37)17-18-34(31)36(29)30-26-13-7-5-11-24(26)15-16-25-12-6-8-14-27(25)30/h2-14,17-18,22,29-30H,15-16,19-21H2,1H3/t22-,29-/m1/s1. The van der Waals surface area contributed by atoms with Crippen LogP contribution in [-0.2, 0) is 24.2 Å². The van der Waals surface area contributed by atoms with Crippen molar-refractivity contribution in [1.29, 1.82) is 0 Å². The lowest BCUT2D eigenvalue weighted by molar-refractivity contribution is -0.0469. The van der Waals surface area contributed by atoms with Gasteiger partial charge in [0.15, 0.2) is 11.4 Å². The summed E-state index contributed by atoms with van der Waals surface area (Å²) in [5.74, 6) is -0.137. The van der Waals surface area contributed by atoms with Gasteiger partial charge in [0.1, 0.15) is 12.8 Å². The Bertz CT molecular complexity index is 1590. The third kappa shape index (κ3) is 4.00. The fourth-order valence-corrected chi connectivity index (χ4v) is 6.45. The number of hydrogen-bond donors (Lipinski definition) is 0. The van der Waals surface area contributed by atoms with Gasteiger partial charge in [-0.05, 0) is 47.6 Å². The highest BCUT2D eigenvalue weighted by atomic mass is 16.5. The second-order valence-corrected chi connectivity index (χ2v) is 10.7. The number of morpholine rings is 1. The number of aromatic nitrogens is 1. The predicted molar refractivity (Wildman–Crippen MR) is 152 cm³/mol. The van der Waals surface area contributed by atoms with Crippen LogP contribution in [0.5, 0.6) is 5.75 Å². The molecule has 40 heavy (non-hydrogen) atoms. The summed E-state index contributed by atoms with van der Waals surface area (Å²) in [5.41, 5.74) is 5.81. The van der Waals surface area contributed by atoms with E-state index in [-0.39, 0.29) is 47.6 Å². The van der Waals surface area contributed by atoms with Crippen molar-refractivity contribution >= 4 is 5.91 Å². The molecule has 4 aromatic rings. The molecule has 0 radical (unpaired) electrons. The zero-order valence-electron chi connectivity index (χ0n) is 22.4. The summed E-state index contributed by atoms with van der Waals surface area (Å²) in [5, 5.41) is 2.23.